The Morgan fingerprint density at radius 2 is 1.41 bits per heavy atom. The summed E-state index contributed by atoms with van der Waals surface area (Å²) in [7, 11) is 0. The Kier molecular flexibility index (Phi) is 7.13. The number of rotatable bonds is 8. The summed E-state index contributed by atoms with van der Waals surface area (Å²) >= 11 is 0. The van der Waals surface area contributed by atoms with E-state index in [0.29, 0.717) is 22.6 Å². The maximum atomic E-state index is 12.2. The summed E-state index contributed by atoms with van der Waals surface area (Å²) in [5, 5.41) is 0. The minimum absolute atomic E-state index is 0.262. The van der Waals surface area contributed by atoms with Gasteiger partial charge in [0.05, 0.1) is 17.7 Å². The molecule has 0 aromatic heterocycles. The smallest absolute Gasteiger partial charge is 0.343 e. The molecule has 0 spiro atoms. The van der Waals surface area contributed by atoms with Crippen LogP contribution < -0.4 is 9.47 Å². The second kappa shape index (κ2) is 9.76. The van der Waals surface area contributed by atoms with E-state index >= 15 is 0 Å². The lowest BCUT2D eigenvalue weighted by Gasteiger charge is -2.08. The van der Waals surface area contributed by atoms with Gasteiger partial charge in [0.25, 0.3) is 0 Å². The summed E-state index contributed by atoms with van der Waals surface area (Å²) in [5.41, 5.74) is 0.676. The third kappa shape index (κ3) is 6.00. The van der Waals surface area contributed by atoms with Crippen molar-refractivity contribution in [3.63, 3.8) is 0 Å². The minimum atomic E-state index is -0.593. The molecule has 0 radical (unpaired) electrons. The van der Waals surface area contributed by atoms with E-state index in [9.17, 15) is 14.4 Å². The quantitative estimate of drug-likeness (QED) is 0.305. The van der Waals surface area contributed by atoms with E-state index in [4.69, 9.17) is 14.2 Å². The second-order valence-corrected chi connectivity index (χ2v) is 5.09. The largest absolute Gasteiger partial charge is 0.462 e. The number of carbonyl (C=O) groups excluding carboxylic acids is 3. The molecule has 27 heavy (non-hydrogen) atoms. The zero-order valence-corrected chi connectivity index (χ0v) is 14.7. The molecule has 7 heteroatoms. The highest BCUT2D eigenvalue weighted by atomic mass is 16.7. The van der Waals surface area contributed by atoms with Crippen molar-refractivity contribution in [2.24, 2.45) is 0 Å². The topological polar surface area (TPSA) is 88.1 Å². The molecule has 0 saturated heterocycles. The number of benzene rings is 2. The molecule has 0 aliphatic rings. The van der Waals surface area contributed by atoms with Crippen LogP contribution in [0, 0.1) is 0 Å². The monoisotopic (exact) mass is 370 g/mol. The van der Waals surface area contributed by atoms with E-state index in [1.54, 1.807) is 19.1 Å². The van der Waals surface area contributed by atoms with E-state index in [0.717, 1.165) is 6.08 Å². The van der Waals surface area contributed by atoms with Crippen LogP contribution >= 0.6 is 0 Å². The van der Waals surface area contributed by atoms with Gasteiger partial charge in [-0.1, -0.05) is 6.58 Å². The normalized spacial score (nSPS) is 9.81. The molecule has 2 aromatic carbocycles. The zero-order valence-electron chi connectivity index (χ0n) is 14.7. The molecule has 2 aromatic rings. The Morgan fingerprint density at radius 3 is 1.96 bits per heavy atom. The van der Waals surface area contributed by atoms with Crippen molar-refractivity contribution in [2.45, 2.75) is 6.92 Å². The fourth-order valence-electron chi connectivity index (χ4n) is 1.94. The molecular weight excluding hydrogens is 352 g/mol. The van der Waals surface area contributed by atoms with Crippen LogP contribution in [0.4, 0.5) is 0 Å². The fraction of sp³-hybridized carbons (Fsp3) is 0.150. The minimum Gasteiger partial charge on any atom is -0.462 e. The van der Waals surface area contributed by atoms with Crippen LogP contribution in [-0.2, 0) is 14.3 Å². The average Bonchev–Trinajstić information content (AvgIpc) is 2.69. The van der Waals surface area contributed by atoms with Gasteiger partial charge in [0, 0.05) is 6.08 Å². The molecule has 0 saturated carbocycles. The number of hydrogen-bond acceptors (Lipinski definition) is 7. The maximum Gasteiger partial charge on any atom is 0.343 e. The van der Waals surface area contributed by atoms with Crippen molar-refractivity contribution >= 4 is 17.9 Å². The third-order valence-electron chi connectivity index (χ3n) is 3.26. The first-order valence-corrected chi connectivity index (χ1v) is 8.05. The predicted molar refractivity (Wildman–Crippen MR) is 95.6 cm³/mol. The highest BCUT2D eigenvalue weighted by Crippen LogP contribution is 2.17. The summed E-state index contributed by atoms with van der Waals surface area (Å²) in [5.74, 6) is -0.885. The van der Waals surface area contributed by atoms with Crippen molar-refractivity contribution < 1.29 is 33.3 Å². The van der Waals surface area contributed by atoms with Gasteiger partial charge < -0.3 is 18.9 Å². The first kappa shape index (κ1) is 19.7. The van der Waals surface area contributed by atoms with Gasteiger partial charge in [0.2, 0.25) is 6.79 Å². The molecule has 0 aliphatic heterocycles. The number of hydrogen-bond donors (Lipinski definition) is 0. The molecule has 0 heterocycles. The van der Waals surface area contributed by atoms with Gasteiger partial charge in [-0.2, -0.15) is 0 Å². The molecule has 0 fully saturated rings. The number of carbonyl (C=O) groups is 3. The highest BCUT2D eigenvalue weighted by molar-refractivity contribution is 5.92. The van der Waals surface area contributed by atoms with Gasteiger partial charge in [0.1, 0.15) is 11.5 Å². The van der Waals surface area contributed by atoms with Crippen molar-refractivity contribution in [3.05, 3.63) is 72.3 Å². The molecule has 0 unspecified atom stereocenters. The third-order valence-corrected chi connectivity index (χ3v) is 3.26. The molecule has 0 aliphatic carbocycles. The number of ether oxygens (including phenoxy) is 4. The van der Waals surface area contributed by atoms with Crippen molar-refractivity contribution in [1.29, 1.82) is 0 Å². The fourth-order valence-corrected chi connectivity index (χ4v) is 1.94. The van der Waals surface area contributed by atoms with E-state index < -0.39 is 17.9 Å². The lowest BCUT2D eigenvalue weighted by atomic mass is 10.2. The Hall–Kier alpha value is -3.61. The van der Waals surface area contributed by atoms with Gasteiger partial charge in [-0.25, -0.2) is 14.4 Å². The summed E-state index contributed by atoms with van der Waals surface area (Å²) in [6, 6.07) is 12.2. The van der Waals surface area contributed by atoms with Crippen LogP contribution in [0.25, 0.3) is 0 Å². The van der Waals surface area contributed by atoms with E-state index in [-0.39, 0.29) is 13.4 Å². The molecule has 0 N–H and O–H groups in total. The van der Waals surface area contributed by atoms with Crippen molar-refractivity contribution in [2.75, 3.05) is 13.4 Å². The summed E-state index contributed by atoms with van der Waals surface area (Å²) < 4.78 is 20.0. The Morgan fingerprint density at radius 1 is 0.852 bits per heavy atom. The summed E-state index contributed by atoms with van der Waals surface area (Å²) in [6.07, 6.45) is 1.03. The zero-order chi connectivity index (χ0) is 19.6. The Bertz CT molecular complexity index is 807. The van der Waals surface area contributed by atoms with Crippen molar-refractivity contribution in [1.82, 2.24) is 0 Å². The molecule has 0 amide bonds. The van der Waals surface area contributed by atoms with Gasteiger partial charge >= 0.3 is 17.9 Å². The molecule has 0 bridgehead atoms. The SMILES string of the molecule is C=CC(=O)OCOc1ccc(C(=O)Oc2ccc(C(=O)OCC)cc2)cc1. The van der Waals surface area contributed by atoms with Crippen LogP contribution in [0.2, 0.25) is 0 Å². The lowest BCUT2D eigenvalue weighted by molar-refractivity contribution is -0.144. The van der Waals surface area contributed by atoms with Crippen LogP contribution in [0.15, 0.2) is 61.2 Å². The molecule has 0 atom stereocenters. The standard InChI is InChI=1S/C20H18O7/c1-3-18(21)26-13-25-16-9-5-15(6-10-16)20(23)27-17-11-7-14(8-12-17)19(22)24-4-2/h3,5-12H,1,4,13H2,2H3. The summed E-state index contributed by atoms with van der Waals surface area (Å²) in [4.78, 5) is 34.6. The number of esters is 3. The average molecular weight is 370 g/mol. The van der Waals surface area contributed by atoms with Gasteiger partial charge in [-0.3, -0.25) is 0 Å². The molecule has 140 valence electrons. The van der Waals surface area contributed by atoms with Crippen molar-refractivity contribution in [3.8, 4) is 11.5 Å². The van der Waals surface area contributed by atoms with Crippen LogP contribution in [0.1, 0.15) is 27.6 Å². The Labute approximate surface area is 156 Å². The van der Waals surface area contributed by atoms with E-state index in [1.807, 2.05) is 0 Å². The van der Waals surface area contributed by atoms with Gasteiger partial charge in [-0.05, 0) is 55.5 Å². The highest BCUT2D eigenvalue weighted by Gasteiger charge is 2.11. The molecule has 2 rings (SSSR count). The van der Waals surface area contributed by atoms with E-state index in [2.05, 4.69) is 11.3 Å². The Balaban J connectivity index is 1.91. The van der Waals surface area contributed by atoms with Crippen LogP contribution in [0.3, 0.4) is 0 Å². The second-order valence-electron chi connectivity index (χ2n) is 5.09. The lowest BCUT2D eigenvalue weighted by Crippen LogP contribution is -2.10. The van der Waals surface area contributed by atoms with Crippen LogP contribution in [0.5, 0.6) is 11.5 Å². The van der Waals surface area contributed by atoms with Crippen LogP contribution in [-0.4, -0.2) is 31.3 Å². The van der Waals surface area contributed by atoms with E-state index in [1.165, 1.54) is 36.4 Å². The maximum absolute atomic E-state index is 12.2. The summed E-state index contributed by atoms with van der Waals surface area (Å²) in [6.45, 7) is 5.01. The molecular formula is C20H18O7. The predicted octanol–water partition coefficient (Wildman–Crippen LogP) is 3.15. The first-order valence-electron chi connectivity index (χ1n) is 8.05. The van der Waals surface area contributed by atoms with Gasteiger partial charge in [0.15, 0.2) is 0 Å². The van der Waals surface area contributed by atoms with Gasteiger partial charge in [-0.15, -0.1) is 0 Å². The first-order chi connectivity index (χ1) is 13.0. The molecule has 7 nitrogen and oxygen atoms in total.